The van der Waals surface area contributed by atoms with Crippen LogP contribution in [0.3, 0.4) is 0 Å². The van der Waals surface area contributed by atoms with Crippen molar-refractivity contribution >= 4 is 53.0 Å². The van der Waals surface area contributed by atoms with Crippen molar-refractivity contribution < 1.29 is 19.2 Å². The molecule has 0 unspecified atom stereocenters. The van der Waals surface area contributed by atoms with Crippen LogP contribution in [0.2, 0.25) is 10.0 Å². The summed E-state index contributed by atoms with van der Waals surface area (Å²) in [6, 6.07) is 4.38. The maximum atomic E-state index is 12.0. The molecule has 8 nitrogen and oxygen atoms in total. The number of hydrazine groups is 1. The molecule has 1 aliphatic heterocycles. The highest BCUT2D eigenvalue weighted by Crippen LogP contribution is 2.25. The van der Waals surface area contributed by atoms with Gasteiger partial charge in [-0.1, -0.05) is 29.3 Å². The number of amides is 5. The molecule has 1 heterocycles. The van der Waals surface area contributed by atoms with Gasteiger partial charge in [-0.3, -0.25) is 30.1 Å². The van der Waals surface area contributed by atoms with Gasteiger partial charge in [-0.2, -0.15) is 0 Å². The summed E-state index contributed by atoms with van der Waals surface area (Å²) in [5, 5.41) is 3.28. The molecule has 0 bridgehead atoms. The van der Waals surface area contributed by atoms with E-state index in [4.69, 9.17) is 23.2 Å². The zero-order valence-corrected chi connectivity index (χ0v) is 16.1. The van der Waals surface area contributed by atoms with Crippen LogP contribution < -0.4 is 16.2 Å². The van der Waals surface area contributed by atoms with Crippen LogP contribution in [0.1, 0.15) is 25.8 Å². The largest absolute Gasteiger partial charge is 0.325 e. The van der Waals surface area contributed by atoms with E-state index in [2.05, 4.69) is 16.2 Å². The second-order valence-electron chi connectivity index (χ2n) is 6.27. The molecule has 3 N–H and O–H groups in total. The average molecular weight is 413 g/mol. The van der Waals surface area contributed by atoms with Gasteiger partial charge in [0.15, 0.2) is 0 Å². The first-order chi connectivity index (χ1) is 12.6. The second-order valence-corrected chi connectivity index (χ2v) is 7.08. The number of urea groups is 1. The van der Waals surface area contributed by atoms with E-state index in [1.165, 1.54) is 6.08 Å². The lowest BCUT2D eigenvalue weighted by Gasteiger charge is -2.15. The summed E-state index contributed by atoms with van der Waals surface area (Å²) in [7, 11) is 0. The standard InChI is InChI=1S/C17H18Cl2N4O4/c1-17(2)15(26)23(16(27)20-17)9-8-14(25)22-21-13(24)7-6-10-11(18)4-3-5-12(10)19/h3-7H,8-9H2,1-2H3,(H,20,27)(H,21,24)(H,22,25)/b7-6+. The van der Waals surface area contributed by atoms with Crippen molar-refractivity contribution in [1.29, 1.82) is 0 Å². The summed E-state index contributed by atoms with van der Waals surface area (Å²) in [5.74, 6) is -1.57. The molecule has 0 radical (unpaired) electrons. The number of carbonyl (C=O) groups excluding carboxylic acids is 4. The fourth-order valence-corrected chi connectivity index (χ4v) is 2.82. The number of hydrogen-bond donors (Lipinski definition) is 3. The Hall–Kier alpha value is -2.58. The molecule has 0 spiro atoms. The first kappa shape index (κ1) is 20.7. The molecule has 2 rings (SSSR count). The van der Waals surface area contributed by atoms with E-state index in [0.29, 0.717) is 15.6 Å². The molecular formula is C17H18Cl2N4O4. The van der Waals surface area contributed by atoms with Crippen LogP contribution in [-0.2, 0) is 14.4 Å². The van der Waals surface area contributed by atoms with Crippen LogP contribution in [-0.4, -0.2) is 40.7 Å². The van der Waals surface area contributed by atoms with Gasteiger partial charge in [-0.15, -0.1) is 0 Å². The lowest BCUT2D eigenvalue weighted by atomic mass is 10.1. The Morgan fingerprint density at radius 1 is 1.19 bits per heavy atom. The number of hydrogen-bond acceptors (Lipinski definition) is 4. The topological polar surface area (TPSA) is 108 Å². The molecule has 5 amide bonds. The van der Waals surface area contributed by atoms with Crippen molar-refractivity contribution in [1.82, 2.24) is 21.1 Å². The zero-order chi connectivity index (χ0) is 20.2. The molecule has 1 aliphatic rings. The highest BCUT2D eigenvalue weighted by Gasteiger charge is 2.43. The summed E-state index contributed by atoms with van der Waals surface area (Å²) in [4.78, 5) is 48.2. The van der Waals surface area contributed by atoms with Crippen LogP contribution in [0.4, 0.5) is 4.79 Å². The summed E-state index contributed by atoms with van der Waals surface area (Å²) in [5.41, 5.74) is 3.87. The number of nitrogens with zero attached hydrogens (tertiary/aromatic N) is 1. The molecular weight excluding hydrogens is 395 g/mol. The summed E-state index contributed by atoms with van der Waals surface area (Å²) < 4.78 is 0. The van der Waals surface area contributed by atoms with Gasteiger partial charge in [0, 0.05) is 34.7 Å². The van der Waals surface area contributed by atoms with Crippen molar-refractivity contribution in [3.8, 4) is 0 Å². The molecule has 144 valence electrons. The third kappa shape index (κ3) is 5.21. The van der Waals surface area contributed by atoms with Crippen molar-refractivity contribution in [2.75, 3.05) is 6.54 Å². The van der Waals surface area contributed by atoms with E-state index in [-0.39, 0.29) is 13.0 Å². The molecule has 0 saturated carbocycles. The number of halogens is 2. The van der Waals surface area contributed by atoms with Crippen LogP contribution in [0.25, 0.3) is 6.08 Å². The first-order valence-electron chi connectivity index (χ1n) is 7.97. The Morgan fingerprint density at radius 2 is 1.81 bits per heavy atom. The van der Waals surface area contributed by atoms with Crippen LogP contribution >= 0.6 is 23.2 Å². The van der Waals surface area contributed by atoms with Gasteiger partial charge in [-0.05, 0) is 32.1 Å². The zero-order valence-electron chi connectivity index (χ0n) is 14.6. The maximum absolute atomic E-state index is 12.0. The molecule has 1 aromatic carbocycles. The normalized spacial score (nSPS) is 15.8. The summed E-state index contributed by atoms with van der Waals surface area (Å²) in [6.07, 6.45) is 2.42. The van der Waals surface area contributed by atoms with Gasteiger partial charge in [0.25, 0.3) is 11.8 Å². The molecule has 0 aliphatic carbocycles. The van der Waals surface area contributed by atoms with Crippen LogP contribution in [0.5, 0.6) is 0 Å². The fraction of sp³-hybridized carbons (Fsp3) is 0.294. The highest BCUT2D eigenvalue weighted by molar-refractivity contribution is 6.37. The van der Waals surface area contributed by atoms with Gasteiger partial charge in [0.1, 0.15) is 5.54 Å². The molecule has 10 heteroatoms. The second kappa shape index (κ2) is 8.41. The fourth-order valence-electron chi connectivity index (χ4n) is 2.30. The average Bonchev–Trinajstić information content (AvgIpc) is 2.78. The highest BCUT2D eigenvalue weighted by atomic mass is 35.5. The number of carbonyl (C=O) groups is 4. The number of benzene rings is 1. The van der Waals surface area contributed by atoms with E-state index in [1.54, 1.807) is 32.0 Å². The summed E-state index contributed by atoms with van der Waals surface area (Å²) in [6.45, 7) is 3.05. The van der Waals surface area contributed by atoms with E-state index in [9.17, 15) is 19.2 Å². The van der Waals surface area contributed by atoms with Crippen molar-refractivity contribution in [2.24, 2.45) is 0 Å². The van der Waals surface area contributed by atoms with E-state index >= 15 is 0 Å². The molecule has 0 atom stereocenters. The quantitative estimate of drug-likeness (QED) is 0.389. The van der Waals surface area contributed by atoms with Crippen LogP contribution in [0, 0.1) is 0 Å². The molecule has 1 aromatic rings. The smallest absolute Gasteiger partial charge is 0.324 e. The third-order valence-corrected chi connectivity index (χ3v) is 4.39. The van der Waals surface area contributed by atoms with Gasteiger partial charge < -0.3 is 5.32 Å². The Labute approximate surface area is 165 Å². The minimum atomic E-state index is -0.993. The first-order valence-corrected chi connectivity index (χ1v) is 8.72. The van der Waals surface area contributed by atoms with E-state index < -0.39 is 29.3 Å². The SMILES string of the molecule is CC1(C)NC(=O)N(CCC(=O)NNC(=O)/C=C/c2c(Cl)cccc2Cl)C1=O. The Bertz CT molecular complexity index is 803. The van der Waals surface area contributed by atoms with Crippen LogP contribution in [0.15, 0.2) is 24.3 Å². The Morgan fingerprint density at radius 3 is 2.37 bits per heavy atom. The number of imide groups is 1. The monoisotopic (exact) mass is 412 g/mol. The lowest BCUT2D eigenvalue weighted by Crippen LogP contribution is -2.43. The van der Waals surface area contributed by atoms with Crippen molar-refractivity contribution in [3.05, 3.63) is 39.9 Å². The number of rotatable bonds is 5. The van der Waals surface area contributed by atoms with Crippen molar-refractivity contribution in [2.45, 2.75) is 25.8 Å². The molecule has 1 saturated heterocycles. The minimum Gasteiger partial charge on any atom is -0.324 e. The third-order valence-electron chi connectivity index (χ3n) is 3.73. The van der Waals surface area contributed by atoms with Gasteiger partial charge >= 0.3 is 6.03 Å². The molecule has 27 heavy (non-hydrogen) atoms. The Balaban J connectivity index is 1.80. The predicted octanol–water partition coefficient (Wildman–Crippen LogP) is 1.87. The van der Waals surface area contributed by atoms with Gasteiger partial charge in [-0.25, -0.2) is 4.79 Å². The minimum absolute atomic E-state index is 0.0964. The predicted molar refractivity (Wildman–Crippen MR) is 101 cm³/mol. The molecule has 0 aromatic heterocycles. The van der Waals surface area contributed by atoms with Crippen molar-refractivity contribution in [3.63, 3.8) is 0 Å². The number of nitrogens with one attached hydrogen (secondary N) is 3. The van der Waals surface area contributed by atoms with E-state index in [0.717, 1.165) is 11.0 Å². The van der Waals surface area contributed by atoms with Gasteiger partial charge in [0.05, 0.1) is 0 Å². The lowest BCUT2D eigenvalue weighted by molar-refractivity contribution is -0.131. The van der Waals surface area contributed by atoms with E-state index in [1.807, 2.05) is 0 Å². The summed E-state index contributed by atoms with van der Waals surface area (Å²) >= 11 is 12.0. The maximum Gasteiger partial charge on any atom is 0.325 e. The van der Waals surface area contributed by atoms with Gasteiger partial charge in [0.2, 0.25) is 5.91 Å². The molecule has 1 fully saturated rings. The Kier molecular flexibility index (Phi) is 6.45.